The Morgan fingerprint density at radius 3 is 2.77 bits per heavy atom. The van der Waals surface area contributed by atoms with Gasteiger partial charge in [0.1, 0.15) is 5.82 Å². The van der Waals surface area contributed by atoms with Crippen molar-refractivity contribution in [1.82, 2.24) is 4.57 Å². The number of benzene rings is 2. The number of thiazole rings is 1. The van der Waals surface area contributed by atoms with E-state index in [4.69, 9.17) is 10.00 Å². The van der Waals surface area contributed by atoms with Gasteiger partial charge in [0, 0.05) is 18.7 Å². The lowest BCUT2D eigenvalue weighted by molar-refractivity contribution is 0.0996. The fraction of sp³-hybridized carbons (Fsp3) is 0.211. The van der Waals surface area contributed by atoms with E-state index in [9.17, 15) is 9.18 Å². The molecule has 1 heterocycles. The predicted molar refractivity (Wildman–Crippen MR) is 97.3 cm³/mol. The fourth-order valence-corrected chi connectivity index (χ4v) is 3.57. The minimum atomic E-state index is -0.410. The predicted octanol–water partition coefficient (Wildman–Crippen LogP) is 3.49. The van der Waals surface area contributed by atoms with Gasteiger partial charge in [0.05, 0.1) is 28.5 Å². The lowest BCUT2D eigenvalue weighted by Crippen LogP contribution is -2.19. The van der Waals surface area contributed by atoms with E-state index in [2.05, 4.69) is 4.99 Å². The second-order valence-electron chi connectivity index (χ2n) is 5.45. The zero-order chi connectivity index (χ0) is 18.5. The Balaban J connectivity index is 2.03. The molecule has 0 bridgehead atoms. The van der Waals surface area contributed by atoms with Crippen LogP contribution in [-0.4, -0.2) is 23.7 Å². The summed E-state index contributed by atoms with van der Waals surface area (Å²) >= 11 is 1.25. The number of fused-ring (bicyclic) bond motifs is 1. The van der Waals surface area contributed by atoms with Gasteiger partial charge in [0.15, 0.2) is 4.80 Å². The van der Waals surface area contributed by atoms with Gasteiger partial charge in [-0.1, -0.05) is 11.3 Å². The van der Waals surface area contributed by atoms with Gasteiger partial charge in [0.25, 0.3) is 5.91 Å². The largest absolute Gasteiger partial charge is 0.380 e. The number of carbonyl (C=O) groups excluding carboxylic acids is 1. The first-order valence-corrected chi connectivity index (χ1v) is 8.90. The zero-order valence-electron chi connectivity index (χ0n) is 14.1. The molecule has 26 heavy (non-hydrogen) atoms. The third kappa shape index (κ3) is 3.87. The second kappa shape index (κ2) is 8.04. The molecule has 0 radical (unpaired) electrons. The third-order valence-electron chi connectivity index (χ3n) is 3.77. The van der Waals surface area contributed by atoms with Crippen LogP contribution in [0.3, 0.4) is 0 Å². The molecule has 0 aliphatic carbocycles. The number of carbonyl (C=O) groups is 1. The van der Waals surface area contributed by atoms with Crippen LogP contribution in [0.5, 0.6) is 0 Å². The molecule has 0 unspecified atom stereocenters. The molecule has 0 saturated carbocycles. The third-order valence-corrected chi connectivity index (χ3v) is 4.81. The van der Waals surface area contributed by atoms with Gasteiger partial charge in [-0.05, 0) is 49.4 Å². The van der Waals surface area contributed by atoms with E-state index >= 15 is 0 Å². The summed E-state index contributed by atoms with van der Waals surface area (Å²) in [4.78, 5) is 17.2. The maximum absolute atomic E-state index is 13.5. The van der Waals surface area contributed by atoms with Crippen LogP contribution >= 0.6 is 11.3 Å². The van der Waals surface area contributed by atoms with E-state index in [0.717, 1.165) is 5.52 Å². The van der Waals surface area contributed by atoms with E-state index in [0.29, 0.717) is 40.4 Å². The molecular formula is C19H16FN3O2S. The summed E-state index contributed by atoms with van der Waals surface area (Å²) in [5, 5.41) is 8.84. The molecule has 3 rings (SSSR count). The Morgan fingerprint density at radius 2 is 2.08 bits per heavy atom. The molecule has 1 amide bonds. The van der Waals surface area contributed by atoms with Crippen molar-refractivity contribution >= 4 is 27.5 Å². The number of nitrogens with zero attached hydrogens (tertiary/aromatic N) is 3. The van der Waals surface area contributed by atoms with Crippen molar-refractivity contribution in [3.8, 4) is 6.07 Å². The van der Waals surface area contributed by atoms with Crippen LogP contribution in [0.1, 0.15) is 22.8 Å². The average Bonchev–Trinajstić information content (AvgIpc) is 2.98. The normalized spacial score (nSPS) is 11.7. The lowest BCUT2D eigenvalue weighted by Gasteiger charge is -2.05. The van der Waals surface area contributed by atoms with Gasteiger partial charge in [-0.3, -0.25) is 4.79 Å². The fourth-order valence-electron chi connectivity index (χ4n) is 2.49. The van der Waals surface area contributed by atoms with Crippen molar-refractivity contribution in [2.75, 3.05) is 13.2 Å². The first kappa shape index (κ1) is 18.0. The molecule has 0 saturated heterocycles. The minimum Gasteiger partial charge on any atom is -0.380 e. The van der Waals surface area contributed by atoms with E-state index in [1.165, 1.54) is 23.5 Å². The number of ether oxygens (including phenoxy) is 1. The van der Waals surface area contributed by atoms with Crippen molar-refractivity contribution in [3.63, 3.8) is 0 Å². The van der Waals surface area contributed by atoms with Crippen molar-refractivity contribution in [3.05, 3.63) is 64.2 Å². The smallest absolute Gasteiger partial charge is 0.279 e. The maximum atomic E-state index is 13.5. The highest BCUT2D eigenvalue weighted by atomic mass is 32.1. The van der Waals surface area contributed by atoms with Gasteiger partial charge in [-0.2, -0.15) is 10.3 Å². The first-order chi connectivity index (χ1) is 12.6. The molecular weight excluding hydrogens is 353 g/mol. The number of hydrogen-bond acceptors (Lipinski definition) is 4. The van der Waals surface area contributed by atoms with Crippen molar-refractivity contribution in [2.45, 2.75) is 13.5 Å². The summed E-state index contributed by atoms with van der Waals surface area (Å²) in [6, 6.07) is 12.8. The van der Waals surface area contributed by atoms with Gasteiger partial charge >= 0.3 is 0 Å². The number of hydrogen-bond donors (Lipinski definition) is 0. The van der Waals surface area contributed by atoms with Crippen molar-refractivity contribution in [2.24, 2.45) is 4.99 Å². The van der Waals surface area contributed by atoms with Crippen molar-refractivity contribution in [1.29, 1.82) is 5.26 Å². The van der Waals surface area contributed by atoms with Crippen LogP contribution in [0.2, 0.25) is 0 Å². The Kier molecular flexibility index (Phi) is 5.56. The van der Waals surface area contributed by atoms with E-state index in [1.807, 2.05) is 17.6 Å². The van der Waals surface area contributed by atoms with Gasteiger partial charge in [0.2, 0.25) is 0 Å². The molecule has 3 aromatic rings. The number of halogens is 1. The molecule has 0 N–H and O–H groups in total. The Hall–Kier alpha value is -2.82. The average molecular weight is 369 g/mol. The SMILES string of the molecule is CCOCCn1c(=NC(=O)c2ccc(C#N)cc2)sc2cc(F)ccc21. The number of nitriles is 1. The summed E-state index contributed by atoms with van der Waals surface area (Å²) in [6.45, 7) is 3.48. The second-order valence-corrected chi connectivity index (χ2v) is 6.46. The highest BCUT2D eigenvalue weighted by Gasteiger charge is 2.10. The minimum absolute atomic E-state index is 0.333. The van der Waals surface area contributed by atoms with Gasteiger partial charge in [-0.15, -0.1) is 0 Å². The molecule has 0 aliphatic rings. The van der Waals surface area contributed by atoms with E-state index in [-0.39, 0.29) is 5.82 Å². The van der Waals surface area contributed by atoms with Crippen LogP contribution < -0.4 is 4.80 Å². The Labute approximate surface area is 153 Å². The lowest BCUT2D eigenvalue weighted by atomic mass is 10.1. The Bertz CT molecular complexity index is 1050. The van der Waals surface area contributed by atoms with Crippen LogP contribution in [0.4, 0.5) is 4.39 Å². The topological polar surface area (TPSA) is 67.4 Å². The molecule has 2 aromatic carbocycles. The standard InChI is InChI=1S/C19H16FN3O2S/c1-2-25-10-9-23-16-8-7-15(20)11-17(16)26-19(23)22-18(24)14-5-3-13(12-21)4-6-14/h3-8,11H,2,9-10H2,1H3. The zero-order valence-corrected chi connectivity index (χ0v) is 14.9. The van der Waals surface area contributed by atoms with Gasteiger partial charge < -0.3 is 9.30 Å². The molecule has 1 aromatic heterocycles. The summed E-state index contributed by atoms with van der Waals surface area (Å²) in [6.07, 6.45) is 0. The van der Waals surface area contributed by atoms with E-state index < -0.39 is 5.91 Å². The number of rotatable bonds is 5. The van der Waals surface area contributed by atoms with Crippen LogP contribution in [0.25, 0.3) is 10.2 Å². The molecule has 0 aliphatic heterocycles. The molecule has 5 nitrogen and oxygen atoms in total. The summed E-state index contributed by atoms with van der Waals surface area (Å²) in [5.74, 6) is -0.743. The Morgan fingerprint density at radius 1 is 1.31 bits per heavy atom. The van der Waals surface area contributed by atoms with Crippen LogP contribution in [-0.2, 0) is 11.3 Å². The first-order valence-electron chi connectivity index (χ1n) is 8.08. The number of aromatic nitrogens is 1. The summed E-state index contributed by atoms with van der Waals surface area (Å²) < 4.78 is 21.5. The molecule has 132 valence electrons. The molecule has 7 heteroatoms. The summed E-state index contributed by atoms with van der Waals surface area (Å²) in [5.41, 5.74) is 1.68. The van der Waals surface area contributed by atoms with Gasteiger partial charge in [-0.25, -0.2) is 4.39 Å². The van der Waals surface area contributed by atoms with Crippen LogP contribution in [0.15, 0.2) is 47.5 Å². The highest BCUT2D eigenvalue weighted by molar-refractivity contribution is 7.16. The molecule has 0 spiro atoms. The maximum Gasteiger partial charge on any atom is 0.279 e. The molecule has 0 fully saturated rings. The number of amides is 1. The summed E-state index contributed by atoms with van der Waals surface area (Å²) in [7, 11) is 0. The van der Waals surface area contributed by atoms with Crippen LogP contribution in [0, 0.1) is 17.1 Å². The van der Waals surface area contributed by atoms with Crippen molar-refractivity contribution < 1.29 is 13.9 Å². The van der Waals surface area contributed by atoms with E-state index in [1.54, 1.807) is 30.3 Å². The molecule has 0 atom stereocenters. The highest BCUT2D eigenvalue weighted by Crippen LogP contribution is 2.19. The quantitative estimate of drug-likeness (QED) is 0.647. The monoisotopic (exact) mass is 369 g/mol.